The highest BCUT2D eigenvalue weighted by Crippen LogP contribution is 2.27. The Morgan fingerprint density at radius 3 is 2.53 bits per heavy atom. The van der Waals surface area contributed by atoms with Crippen LogP contribution >= 0.6 is 11.6 Å². The van der Waals surface area contributed by atoms with Crippen molar-refractivity contribution in [3.8, 4) is 0 Å². The van der Waals surface area contributed by atoms with E-state index >= 15 is 0 Å². The summed E-state index contributed by atoms with van der Waals surface area (Å²) in [6, 6.07) is 3.94. The Labute approximate surface area is 101 Å². The second-order valence-corrected chi connectivity index (χ2v) is 3.44. The van der Waals surface area contributed by atoms with E-state index in [2.05, 4.69) is 0 Å². The van der Waals surface area contributed by atoms with E-state index in [-0.39, 0.29) is 10.6 Å². The minimum atomic E-state index is -0.811. The molecule has 1 aromatic carbocycles. The molecule has 0 saturated carbocycles. The van der Waals surface area contributed by atoms with Crippen LogP contribution in [0.5, 0.6) is 0 Å². The Balaban J connectivity index is 3.05. The zero-order valence-corrected chi connectivity index (χ0v) is 9.45. The summed E-state index contributed by atoms with van der Waals surface area (Å²) < 4.78 is 0. The van der Waals surface area contributed by atoms with Crippen LogP contribution in [0.2, 0.25) is 5.02 Å². The van der Waals surface area contributed by atoms with Crippen LogP contribution in [0.4, 0.5) is 5.69 Å². The third kappa shape index (κ3) is 3.15. The highest BCUT2D eigenvalue weighted by molar-refractivity contribution is 6.33. The Bertz CT molecular complexity index is 489. The van der Waals surface area contributed by atoms with Crippen molar-refractivity contribution in [2.75, 3.05) is 0 Å². The predicted molar refractivity (Wildman–Crippen MR) is 59.4 cm³/mol. The Kier molecular flexibility index (Phi) is 4.00. The first-order valence-corrected chi connectivity index (χ1v) is 4.81. The van der Waals surface area contributed by atoms with Gasteiger partial charge in [0.15, 0.2) is 0 Å². The van der Waals surface area contributed by atoms with Gasteiger partial charge in [0.25, 0.3) is 5.91 Å². The normalized spacial score (nSPS) is 9.53. The summed E-state index contributed by atoms with van der Waals surface area (Å²) in [5.41, 5.74) is 3.32. The zero-order valence-electron chi connectivity index (χ0n) is 8.69. The molecule has 0 fully saturated rings. The summed E-state index contributed by atoms with van der Waals surface area (Å²) in [5.74, 6) is -1.31. The van der Waals surface area contributed by atoms with Crippen molar-refractivity contribution in [1.29, 1.82) is 0 Å². The van der Waals surface area contributed by atoms with Crippen LogP contribution in [-0.4, -0.2) is 16.7 Å². The van der Waals surface area contributed by atoms with E-state index < -0.39 is 22.4 Å². The molecule has 2 amide bonds. The molecular weight excluding hydrogens is 250 g/mol. The van der Waals surface area contributed by atoms with Crippen molar-refractivity contribution >= 4 is 29.1 Å². The van der Waals surface area contributed by atoms with Crippen LogP contribution in [0.25, 0.3) is 0 Å². The number of carbonyl (C=O) groups is 2. The second kappa shape index (κ2) is 5.26. The number of para-hydroxylation sites is 1. The second-order valence-electron chi connectivity index (χ2n) is 3.03. The van der Waals surface area contributed by atoms with Gasteiger partial charge in [-0.15, -0.1) is 0 Å². The summed E-state index contributed by atoms with van der Waals surface area (Å²) in [6.45, 7) is 1.19. The molecule has 1 rings (SSSR count). The molecule has 0 radical (unpaired) electrons. The SMILES string of the molecule is CC(=O)NNC(=O)c1cccc(Cl)c1[N+](=O)[O-]. The quantitative estimate of drug-likeness (QED) is 0.610. The van der Waals surface area contributed by atoms with Gasteiger partial charge in [-0.2, -0.15) is 0 Å². The van der Waals surface area contributed by atoms with Crippen molar-refractivity contribution in [3.63, 3.8) is 0 Å². The number of nitro benzene ring substituents is 1. The summed E-state index contributed by atoms with van der Waals surface area (Å²) in [4.78, 5) is 32.1. The van der Waals surface area contributed by atoms with Crippen molar-refractivity contribution < 1.29 is 14.5 Å². The number of hydrogen-bond donors (Lipinski definition) is 2. The van der Waals surface area contributed by atoms with Crippen LogP contribution in [0.15, 0.2) is 18.2 Å². The van der Waals surface area contributed by atoms with Gasteiger partial charge in [-0.25, -0.2) is 0 Å². The lowest BCUT2D eigenvalue weighted by Gasteiger charge is -2.06. The van der Waals surface area contributed by atoms with Crippen LogP contribution in [0.1, 0.15) is 17.3 Å². The zero-order chi connectivity index (χ0) is 13.0. The minimum Gasteiger partial charge on any atom is -0.274 e. The number of rotatable bonds is 2. The summed E-state index contributed by atoms with van der Waals surface area (Å²) >= 11 is 5.62. The van der Waals surface area contributed by atoms with Gasteiger partial charge in [0.2, 0.25) is 5.91 Å². The molecule has 7 nitrogen and oxygen atoms in total. The molecular formula is C9H8ClN3O4. The average molecular weight is 258 g/mol. The van der Waals surface area contributed by atoms with Crippen LogP contribution in [0, 0.1) is 10.1 Å². The molecule has 1 aromatic rings. The number of hydrogen-bond acceptors (Lipinski definition) is 4. The molecule has 0 saturated heterocycles. The van der Waals surface area contributed by atoms with Gasteiger partial charge in [-0.05, 0) is 12.1 Å². The van der Waals surface area contributed by atoms with E-state index in [0.717, 1.165) is 0 Å². The van der Waals surface area contributed by atoms with Gasteiger partial charge in [-0.1, -0.05) is 17.7 Å². The Morgan fingerprint density at radius 1 is 1.35 bits per heavy atom. The fourth-order valence-electron chi connectivity index (χ4n) is 1.10. The molecule has 0 unspecified atom stereocenters. The maximum absolute atomic E-state index is 11.5. The molecule has 0 spiro atoms. The molecule has 0 aliphatic heterocycles. The number of benzene rings is 1. The fraction of sp³-hybridized carbons (Fsp3) is 0.111. The third-order valence-electron chi connectivity index (χ3n) is 1.77. The first kappa shape index (κ1) is 12.9. The van der Waals surface area contributed by atoms with Crippen molar-refractivity contribution in [2.24, 2.45) is 0 Å². The maximum Gasteiger partial charge on any atom is 0.300 e. The number of nitrogens with one attached hydrogen (secondary N) is 2. The topological polar surface area (TPSA) is 101 Å². The molecule has 17 heavy (non-hydrogen) atoms. The lowest BCUT2D eigenvalue weighted by molar-refractivity contribution is -0.385. The van der Waals surface area contributed by atoms with Crippen molar-refractivity contribution in [2.45, 2.75) is 6.92 Å². The van der Waals surface area contributed by atoms with Crippen LogP contribution in [0.3, 0.4) is 0 Å². The lowest BCUT2D eigenvalue weighted by atomic mass is 10.1. The Hall–Kier alpha value is -2.15. The van der Waals surface area contributed by atoms with Crippen molar-refractivity contribution in [1.82, 2.24) is 10.9 Å². The molecule has 90 valence electrons. The first-order valence-electron chi connectivity index (χ1n) is 4.43. The van der Waals surface area contributed by atoms with E-state index in [1.165, 1.54) is 25.1 Å². The maximum atomic E-state index is 11.5. The summed E-state index contributed by atoms with van der Waals surface area (Å²) in [5, 5.41) is 10.6. The van der Waals surface area contributed by atoms with Crippen LogP contribution < -0.4 is 10.9 Å². The predicted octanol–water partition coefficient (Wildman–Crippen LogP) is 1.03. The van der Waals surface area contributed by atoms with E-state index in [1.807, 2.05) is 10.9 Å². The molecule has 0 bridgehead atoms. The average Bonchev–Trinajstić information content (AvgIpc) is 2.24. The van der Waals surface area contributed by atoms with Gasteiger partial charge in [0, 0.05) is 6.92 Å². The highest BCUT2D eigenvalue weighted by Gasteiger charge is 2.23. The lowest BCUT2D eigenvalue weighted by Crippen LogP contribution is -2.40. The standard InChI is InChI=1S/C9H8ClN3O4/c1-5(14)11-12-9(15)6-3-2-4-7(10)8(6)13(16)17/h2-4H,1H3,(H,11,14)(H,12,15). The number of halogens is 1. The number of hydrazine groups is 1. The van der Waals surface area contributed by atoms with Gasteiger partial charge in [-0.3, -0.25) is 30.6 Å². The van der Waals surface area contributed by atoms with E-state index in [9.17, 15) is 19.7 Å². The number of amides is 2. The van der Waals surface area contributed by atoms with Gasteiger partial charge in [0.1, 0.15) is 10.6 Å². The minimum absolute atomic E-state index is 0.148. The summed E-state index contributed by atoms with van der Waals surface area (Å²) in [7, 11) is 0. The fourth-order valence-corrected chi connectivity index (χ4v) is 1.34. The molecule has 0 atom stereocenters. The molecule has 8 heteroatoms. The van der Waals surface area contributed by atoms with Crippen LogP contribution in [-0.2, 0) is 4.79 Å². The smallest absolute Gasteiger partial charge is 0.274 e. The van der Waals surface area contributed by atoms with Crippen molar-refractivity contribution in [3.05, 3.63) is 38.9 Å². The summed E-state index contributed by atoms with van der Waals surface area (Å²) in [6.07, 6.45) is 0. The molecule has 0 aliphatic carbocycles. The molecule has 0 heterocycles. The Morgan fingerprint density at radius 2 is 2.00 bits per heavy atom. The molecule has 0 aliphatic rings. The molecule has 0 aromatic heterocycles. The molecule has 2 N–H and O–H groups in total. The first-order chi connectivity index (χ1) is 7.93. The van der Waals surface area contributed by atoms with E-state index in [4.69, 9.17) is 11.6 Å². The van der Waals surface area contributed by atoms with Gasteiger partial charge in [0.05, 0.1) is 4.92 Å². The third-order valence-corrected chi connectivity index (χ3v) is 2.07. The number of carbonyl (C=O) groups excluding carboxylic acids is 2. The van der Waals surface area contributed by atoms with E-state index in [0.29, 0.717) is 0 Å². The largest absolute Gasteiger partial charge is 0.300 e. The number of nitro groups is 1. The van der Waals surface area contributed by atoms with E-state index in [1.54, 1.807) is 0 Å². The monoisotopic (exact) mass is 257 g/mol. The van der Waals surface area contributed by atoms with Gasteiger partial charge < -0.3 is 0 Å². The van der Waals surface area contributed by atoms with Gasteiger partial charge >= 0.3 is 5.69 Å². The number of nitrogens with zero attached hydrogens (tertiary/aromatic N) is 1. The highest BCUT2D eigenvalue weighted by atomic mass is 35.5.